The first kappa shape index (κ1) is 25.0. The van der Waals surface area contributed by atoms with Gasteiger partial charge >= 0.3 is 12.1 Å². The topological polar surface area (TPSA) is 95.0 Å². The average molecular weight is 503 g/mol. The quantitative estimate of drug-likeness (QED) is 0.315. The van der Waals surface area contributed by atoms with Crippen molar-refractivity contribution in [1.29, 1.82) is 0 Å². The zero-order chi connectivity index (χ0) is 25.0. The van der Waals surface area contributed by atoms with Crippen LogP contribution >= 0.6 is 11.6 Å². The Morgan fingerprint density at radius 2 is 1.97 bits per heavy atom. The zero-order valence-corrected chi connectivity index (χ0v) is 18.1. The van der Waals surface area contributed by atoms with Crippen molar-refractivity contribution in [3.05, 3.63) is 53.0 Å². The fraction of sp³-hybridized carbons (Fsp3) is 0.238. The Labute approximate surface area is 194 Å². The van der Waals surface area contributed by atoms with E-state index in [4.69, 9.17) is 25.8 Å². The van der Waals surface area contributed by atoms with Crippen LogP contribution in [-0.2, 0) is 19.1 Å². The number of pyridine rings is 1. The maximum atomic E-state index is 14.6. The predicted octanol–water partition coefficient (Wildman–Crippen LogP) is 4.36. The molecule has 2 aromatic rings. The van der Waals surface area contributed by atoms with E-state index in [1.165, 1.54) is 18.3 Å². The number of esters is 1. The van der Waals surface area contributed by atoms with Gasteiger partial charge in [-0.05, 0) is 25.1 Å². The van der Waals surface area contributed by atoms with Gasteiger partial charge in [0.05, 0.1) is 23.7 Å². The third-order valence-electron chi connectivity index (χ3n) is 4.30. The number of imide groups is 1. The highest BCUT2D eigenvalue weighted by Crippen LogP contribution is 2.39. The fourth-order valence-electron chi connectivity index (χ4n) is 2.84. The van der Waals surface area contributed by atoms with E-state index < -0.39 is 54.1 Å². The van der Waals surface area contributed by atoms with Crippen LogP contribution in [0, 0.1) is 5.82 Å². The number of aromatic nitrogens is 1. The highest BCUT2D eigenvalue weighted by Gasteiger charge is 2.41. The molecule has 2 heterocycles. The van der Waals surface area contributed by atoms with E-state index >= 15 is 0 Å². The van der Waals surface area contributed by atoms with Gasteiger partial charge in [-0.2, -0.15) is 13.2 Å². The van der Waals surface area contributed by atoms with Gasteiger partial charge in [0.25, 0.3) is 11.8 Å². The van der Waals surface area contributed by atoms with Crippen LogP contribution in [0.4, 0.5) is 23.2 Å². The predicted molar refractivity (Wildman–Crippen MR) is 109 cm³/mol. The van der Waals surface area contributed by atoms with Crippen LogP contribution in [0.2, 0.25) is 5.02 Å². The third kappa shape index (κ3) is 5.63. The molecule has 0 saturated heterocycles. The monoisotopic (exact) mass is 502 g/mol. The average Bonchev–Trinajstić information content (AvgIpc) is 2.75. The second kappa shape index (κ2) is 10.1. The molecule has 1 aliphatic heterocycles. The largest absolute Gasteiger partial charge is 0.463 e. The molecule has 2 amide bonds. The van der Waals surface area contributed by atoms with Crippen LogP contribution in [-0.4, -0.2) is 42.2 Å². The van der Waals surface area contributed by atoms with Gasteiger partial charge in [0, 0.05) is 23.9 Å². The summed E-state index contributed by atoms with van der Waals surface area (Å²) in [5, 5.41) is -0.287. The molecule has 34 heavy (non-hydrogen) atoms. The minimum Gasteiger partial charge on any atom is -0.463 e. The Morgan fingerprint density at radius 1 is 1.24 bits per heavy atom. The minimum atomic E-state index is -4.88. The molecule has 0 bridgehead atoms. The van der Waals surface area contributed by atoms with Crippen LogP contribution in [0.15, 0.2) is 42.1 Å². The van der Waals surface area contributed by atoms with Gasteiger partial charge in [0.15, 0.2) is 12.4 Å². The van der Waals surface area contributed by atoms with Crippen molar-refractivity contribution >= 4 is 35.1 Å². The first-order chi connectivity index (χ1) is 16.0. The van der Waals surface area contributed by atoms with E-state index in [1.54, 1.807) is 6.92 Å². The molecule has 180 valence electrons. The Kier molecular flexibility index (Phi) is 7.40. The summed E-state index contributed by atoms with van der Waals surface area (Å²) in [7, 11) is 0. The number of hydrogen-bond acceptors (Lipinski definition) is 7. The molecule has 0 saturated carbocycles. The lowest BCUT2D eigenvalue weighted by molar-refractivity contribution is -0.145. The first-order valence-corrected chi connectivity index (χ1v) is 9.94. The Balaban J connectivity index is 1.91. The van der Waals surface area contributed by atoms with E-state index in [-0.39, 0.29) is 40.0 Å². The van der Waals surface area contributed by atoms with E-state index in [2.05, 4.69) is 4.98 Å². The van der Waals surface area contributed by atoms with Crippen molar-refractivity contribution in [2.75, 3.05) is 18.1 Å². The Morgan fingerprint density at radius 3 is 2.62 bits per heavy atom. The number of nitrogens with zero attached hydrogens (tertiary/aromatic N) is 2. The smallest absolute Gasteiger partial charge is 0.413 e. The second-order valence-electron chi connectivity index (χ2n) is 6.65. The molecule has 0 aliphatic carbocycles. The van der Waals surface area contributed by atoms with Crippen LogP contribution < -0.4 is 14.4 Å². The van der Waals surface area contributed by atoms with Gasteiger partial charge < -0.3 is 14.2 Å². The normalized spacial score (nSPS) is 14.1. The number of rotatable bonds is 7. The molecule has 0 spiro atoms. The maximum absolute atomic E-state index is 14.6. The summed E-state index contributed by atoms with van der Waals surface area (Å²) in [6.45, 7) is 1.25. The van der Waals surface area contributed by atoms with E-state index in [1.807, 2.05) is 0 Å². The van der Waals surface area contributed by atoms with Gasteiger partial charge in [-0.25, -0.2) is 19.1 Å². The summed E-state index contributed by atoms with van der Waals surface area (Å²) in [4.78, 5) is 40.2. The summed E-state index contributed by atoms with van der Waals surface area (Å²) >= 11 is 6.02. The van der Waals surface area contributed by atoms with Gasteiger partial charge in [-0.3, -0.25) is 9.59 Å². The molecular weight excluding hydrogens is 488 g/mol. The lowest BCUT2D eigenvalue weighted by atomic mass is 10.1. The lowest BCUT2D eigenvalue weighted by Gasteiger charge is -2.26. The van der Waals surface area contributed by atoms with Crippen LogP contribution in [0.25, 0.3) is 0 Å². The van der Waals surface area contributed by atoms with Crippen molar-refractivity contribution in [3.63, 3.8) is 0 Å². The van der Waals surface area contributed by atoms with Gasteiger partial charge in [-0.15, -0.1) is 0 Å². The van der Waals surface area contributed by atoms with E-state index in [9.17, 15) is 31.9 Å². The van der Waals surface area contributed by atoms with Crippen LogP contribution in [0.3, 0.4) is 0 Å². The number of carbonyl (C=O) groups excluding carboxylic acids is 3. The Bertz CT molecular complexity index is 1170. The molecule has 0 radical (unpaired) electrons. The highest BCUT2D eigenvalue weighted by molar-refractivity contribution is 6.32. The summed E-state index contributed by atoms with van der Waals surface area (Å²) in [5.74, 6) is -4.97. The number of anilines is 1. The summed E-state index contributed by atoms with van der Waals surface area (Å²) < 4.78 is 68.9. The van der Waals surface area contributed by atoms with Gasteiger partial charge in [0.1, 0.15) is 11.6 Å². The van der Waals surface area contributed by atoms with Gasteiger partial charge in [-0.1, -0.05) is 11.6 Å². The molecule has 0 N–H and O–H groups in total. The van der Waals surface area contributed by atoms with Crippen molar-refractivity contribution in [2.45, 2.75) is 19.5 Å². The third-order valence-corrected chi connectivity index (χ3v) is 4.60. The maximum Gasteiger partial charge on any atom is 0.413 e. The van der Waals surface area contributed by atoms with E-state index in [0.29, 0.717) is 0 Å². The summed E-state index contributed by atoms with van der Waals surface area (Å²) in [6.07, 6.45) is -4.48. The van der Waals surface area contributed by atoms with Crippen molar-refractivity contribution in [2.24, 2.45) is 0 Å². The number of carbonyl (C=O) groups is 3. The summed E-state index contributed by atoms with van der Waals surface area (Å²) in [5.41, 5.74) is -2.01. The van der Waals surface area contributed by atoms with Crippen molar-refractivity contribution in [1.82, 2.24) is 4.98 Å². The SMILES string of the molecule is CCOC(=O)COc1ncccc1Oc1cc(N2C(=O)C=C(C(F)(F)F)CC2=O)c(F)cc1Cl. The fourth-order valence-corrected chi connectivity index (χ4v) is 3.03. The van der Waals surface area contributed by atoms with Crippen molar-refractivity contribution < 1.29 is 46.2 Å². The van der Waals surface area contributed by atoms with Crippen LogP contribution in [0.5, 0.6) is 17.4 Å². The van der Waals surface area contributed by atoms with Crippen LogP contribution in [0.1, 0.15) is 13.3 Å². The van der Waals surface area contributed by atoms with Crippen molar-refractivity contribution in [3.8, 4) is 17.4 Å². The number of amides is 2. The van der Waals surface area contributed by atoms with Gasteiger partial charge in [0.2, 0.25) is 5.91 Å². The molecule has 0 unspecified atom stereocenters. The number of ether oxygens (including phenoxy) is 3. The second-order valence-corrected chi connectivity index (χ2v) is 7.06. The molecule has 8 nitrogen and oxygen atoms in total. The zero-order valence-electron chi connectivity index (χ0n) is 17.3. The first-order valence-electron chi connectivity index (χ1n) is 9.56. The number of benzene rings is 1. The molecule has 1 aromatic heterocycles. The Hall–Kier alpha value is -3.67. The number of hydrogen-bond donors (Lipinski definition) is 0. The molecular formula is C21H15ClF4N2O6. The minimum absolute atomic E-state index is 0.0678. The molecule has 1 aromatic carbocycles. The highest BCUT2D eigenvalue weighted by atomic mass is 35.5. The lowest BCUT2D eigenvalue weighted by Crippen LogP contribution is -2.41. The molecule has 13 heteroatoms. The molecule has 0 atom stereocenters. The molecule has 3 rings (SSSR count). The molecule has 1 aliphatic rings. The standard InChI is InChI=1S/C21H15ClF4N2O6/c1-2-32-19(31)10-33-20-15(4-3-5-27-20)34-16-9-14(13(23)8-12(16)22)28-17(29)6-11(7-18(28)30)21(24,25)26/h3-6,8-9H,2,7,10H2,1H3. The number of halogens is 5. The molecule has 0 fully saturated rings. The van der Waals surface area contributed by atoms with E-state index in [0.717, 1.165) is 12.1 Å². The number of alkyl halides is 3. The summed E-state index contributed by atoms with van der Waals surface area (Å²) in [6, 6.07) is 4.43.